The minimum atomic E-state index is -3.24. The smallest absolute Gasteiger partial charge is 0.310 e. The molecule has 0 radical (unpaired) electrons. The van der Waals surface area contributed by atoms with E-state index in [1.54, 1.807) is 25.3 Å². The first-order valence-corrected chi connectivity index (χ1v) is 10.4. The highest BCUT2D eigenvalue weighted by molar-refractivity contribution is 7.91. The Kier molecular flexibility index (Phi) is 6.91. The summed E-state index contributed by atoms with van der Waals surface area (Å²) < 4.78 is 29.3. The van der Waals surface area contributed by atoms with Gasteiger partial charge in [0.25, 0.3) is 0 Å². The van der Waals surface area contributed by atoms with Crippen LogP contribution in [0, 0.1) is 5.92 Å². The average Bonchev–Trinajstić information content (AvgIpc) is 2.62. The quantitative estimate of drug-likeness (QED) is 0.657. The van der Waals surface area contributed by atoms with Gasteiger partial charge in [-0.2, -0.15) is 0 Å². The maximum Gasteiger partial charge on any atom is 0.310 e. The van der Waals surface area contributed by atoms with Crippen LogP contribution < -0.4 is 0 Å². The Morgan fingerprint density at radius 3 is 2.35 bits per heavy atom. The summed E-state index contributed by atoms with van der Waals surface area (Å²) in [5.41, 5.74) is 1.45. The number of sulfone groups is 1. The molecule has 0 amide bonds. The summed E-state index contributed by atoms with van der Waals surface area (Å²) in [7, 11) is -3.24. The van der Waals surface area contributed by atoms with Gasteiger partial charge in [-0.1, -0.05) is 39.0 Å². The van der Waals surface area contributed by atoms with Crippen molar-refractivity contribution in [2.45, 2.75) is 44.6 Å². The highest BCUT2D eigenvalue weighted by Gasteiger charge is 2.20. The number of nitrogens with zero attached hydrogens (tertiary/aromatic N) is 1. The Morgan fingerprint density at radius 2 is 1.81 bits per heavy atom. The first-order valence-electron chi connectivity index (χ1n) is 8.74. The molecule has 0 unspecified atom stereocenters. The number of aromatic nitrogens is 1. The highest BCUT2D eigenvalue weighted by Crippen LogP contribution is 2.24. The molecule has 2 rings (SSSR count). The first-order chi connectivity index (χ1) is 12.3. The second-order valence-electron chi connectivity index (χ2n) is 6.59. The van der Waals surface area contributed by atoms with E-state index in [0.29, 0.717) is 12.3 Å². The fourth-order valence-corrected chi connectivity index (χ4v) is 3.46. The van der Waals surface area contributed by atoms with Gasteiger partial charge in [0.2, 0.25) is 0 Å². The van der Waals surface area contributed by atoms with Crippen molar-refractivity contribution < 1.29 is 17.9 Å². The SMILES string of the molecule is CCS(=O)(=O)c1ccc(CC(=O)O[C@@H](CC(C)C)c2ccccn2)cc1. The number of pyridine rings is 1. The molecule has 0 spiro atoms. The van der Waals surface area contributed by atoms with Crippen LogP contribution in [0.4, 0.5) is 0 Å². The van der Waals surface area contributed by atoms with E-state index in [-0.39, 0.29) is 29.1 Å². The number of ether oxygens (including phenoxy) is 1. The normalized spacial score (nSPS) is 12.8. The zero-order valence-corrected chi connectivity index (χ0v) is 16.2. The lowest BCUT2D eigenvalue weighted by atomic mass is 10.0. The molecular weight excluding hydrogens is 350 g/mol. The second-order valence-corrected chi connectivity index (χ2v) is 8.87. The summed E-state index contributed by atoms with van der Waals surface area (Å²) in [6, 6.07) is 11.9. The molecule has 1 aromatic carbocycles. The molecule has 0 aliphatic carbocycles. The summed E-state index contributed by atoms with van der Waals surface area (Å²) in [6.07, 6.45) is 2.08. The van der Waals surface area contributed by atoms with Crippen molar-refractivity contribution in [3.63, 3.8) is 0 Å². The van der Waals surface area contributed by atoms with Crippen LogP contribution in [0.25, 0.3) is 0 Å². The molecule has 140 valence electrons. The van der Waals surface area contributed by atoms with Gasteiger partial charge < -0.3 is 4.74 Å². The molecular formula is C20H25NO4S. The molecule has 5 nitrogen and oxygen atoms in total. The fourth-order valence-electron chi connectivity index (χ4n) is 2.57. The van der Waals surface area contributed by atoms with Crippen LogP contribution in [0.2, 0.25) is 0 Å². The topological polar surface area (TPSA) is 73.3 Å². The molecule has 0 bridgehead atoms. The predicted octanol–water partition coefficient (Wildman–Crippen LogP) is 3.75. The van der Waals surface area contributed by atoms with Gasteiger partial charge in [-0.15, -0.1) is 0 Å². The standard InChI is InChI=1S/C20H25NO4S/c1-4-26(23,24)17-10-8-16(9-11-17)14-20(22)25-19(13-15(2)3)18-7-5-6-12-21-18/h5-12,15,19H,4,13-14H2,1-3H3/t19-/m0/s1. The Bertz CT molecular complexity index is 815. The van der Waals surface area contributed by atoms with E-state index in [2.05, 4.69) is 18.8 Å². The Labute approximate surface area is 155 Å². The second kappa shape index (κ2) is 8.94. The van der Waals surface area contributed by atoms with Crippen LogP contribution in [0.5, 0.6) is 0 Å². The Balaban J connectivity index is 2.06. The molecule has 0 saturated heterocycles. The fraction of sp³-hybridized carbons (Fsp3) is 0.400. The number of hydrogen-bond donors (Lipinski definition) is 0. The largest absolute Gasteiger partial charge is 0.456 e. The maximum absolute atomic E-state index is 12.3. The number of benzene rings is 1. The van der Waals surface area contributed by atoms with Gasteiger partial charge in [-0.05, 0) is 42.2 Å². The summed E-state index contributed by atoms with van der Waals surface area (Å²) >= 11 is 0. The minimum Gasteiger partial charge on any atom is -0.456 e. The number of rotatable bonds is 8. The number of carbonyl (C=O) groups excluding carboxylic acids is 1. The predicted molar refractivity (Wildman–Crippen MR) is 100 cm³/mol. The molecule has 0 aliphatic rings. The van der Waals surface area contributed by atoms with Crippen molar-refractivity contribution in [1.82, 2.24) is 4.98 Å². The summed E-state index contributed by atoms with van der Waals surface area (Å²) in [5, 5.41) is 0. The first kappa shape index (κ1) is 20.1. The molecule has 26 heavy (non-hydrogen) atoms. The van der Waals surface area contributed by atoms with E-state index in [0.717, 1.165) is 11.3 Å². The highest BCUT2D eigenvalue weighted by atomic mass is 32.2. The molecule has 6 heteroatoms. The van der Waals surface area contributed by atoms with Crippen LogP contribution in [-0.4, -0.2) is 25.1 Å². The molecule has 1 atom stereocenters. The molecule has 0 saturated carbocycles. The van der Waals surface area contributed by atoms with Gasteiger partial charge in [0, 0.05) is 6.20 Å². The third-order valence-electron chi connectivity index (χ3n) is 3.99. The third kappa shape index (κ3) is 5.66. The lowest BCUT2D eigenvalue weighted by molar-refractivity contribution is -0.149. The Hall–Kier alpha value is -2.21. The molecule has 0 N–H and O–H groups in total. The minimum absolute atomic E-state index is 0.0509. The number of carbonyl (C=O) groups is 1. The average molecular weight is 375 g/mol. The van der Waals surface area contributed by atoms with Gasteiger partial charge in [0.05, 0.1) is 22.8 Å². The van der Waals surface area contributed by atoms with Crippen molar-refractivity contribution in [1.29, 1.82) is 0 Å². The zero-order chi connectivity index (χ0) is 19.2. The van der Waals surface area contributed by atoms with Crippen LogP contribution in [0.1, 0.15) is 44.6 Å². The van der Waals surface area contributed by atoms with Gasteiger partial charge >= 0.3 is 5.97 Å². The van der Waals surface area contributed by atoms with Crippen LogP contribution in [-0.2, 0) is 25.8 Å². The Morgan fingerprint density at radius 1 is 1.12 bits per heavy atom. The van der Waals surface area contributed by atoms with E-state index in [4.69, 9.17) is 4.74 Å². The van der Waals surface area contributed by atoms with Gasteiger partial charge in [-0.3, -0.25) is 9.78 Å². The zero-order valence-electron chi connectivity index (χ0n) is 15.4. The van der Waals surface area contributed by atoms with E-state index >= 15 is 0 Å². The molecule has 2 aromatic rings. The van der Waals surface area contributed by atoms with Crippen molar-refractivity contribution in [2.75, 3.05) is 5.75 Å². The van der Waals surface area contributed by atoms with Crippen molar-refractivity contribution in [3.05, 3.63) is 59.9 Å². The molecule has 0 aliphatic heterocycles. The van der Waals surface area contributed by atoms with Crippen LogP contribution in [0.3, 0.4) is 0 Å². The molecule has 1 aromatic heterocycles. The van der Waals surface area contributed by atoms with E-state index < -0.39 is 9.84 Å². The van der Waals surface area contributed by atoms with E-state index in [9.17, 15) is 13.2 Å². The van der Waals surface area contributed by atoms with Crippen LogP contribution >= 0.6 is 0 Å². The monoisotopic (exact) mass is 375 g/mol. The lowest BCUT2D eigenvalue weighted by Crippen LogP contribution is -2.16. The lowest BCUT2D eigenvalue weighted by Gasteiger charge is -2.19. The summed E-state index contributed by atoms with van der Waals surface area (Å²) in [6.45, 7) is 5.74. The van der Waals surface area contributed by atoms with Crippen LogP contribution in [0.15, 0.2) is 53.6 Å². The van der Waals surface area contributed by atoms with Gasteiger partial charge in [-0.25, -0.2) is 8.42 Å². The number of hydrogen-bond acceptors (Lipinski definition) is 5. The summed E-state index contributed by atoms with van der Waals surface area (Å²) in [4.78, 5) is 16.9. The molecule has 1 heterocycles. The third-order valence-corrected chi connectivity index (χ3v) is 5.74. The number of esters is 1. The van der Waals surface area contributed by atoms with Crippen molar-refractivity contribution in [3.8, 4) is 0 Å². The molecule has 0 fully saturated rings. The van der Waals surface area contributed by atoms with Gasteiger partial charge in [0.1, 0.15) is 6.10 Å². The van der Waals surface area contributed by atoms with E-state index in [1.165, 1.54) is 12.1 Å². The van der Waals surface area contributed by atoms with Crippen molar-refractivity contribution in [2.24, 2.45) is 5.92 Å². The maximum atomic E-state index is 12.3. The van der Waals surface area contributed by atoms with Crippen molar-refractivity contribution >= 4 is 15.8 Å². The van der Waals surface area contributed by atoms with Gasteiger partial charge in [0.15, 0.2) is 9.84 Å². The summed E-state index contributed by atoms with van der Waals surface area (Å²) in [5.74, 6) is 0.0516. The van der Waals surface area contributed by atoms with E-state index in [1.807, 2.05) is 18.2 Å².